The predicted octanol–water partition coefficient (Wildman–Crippen LogP) is 3.72. The number of carbonyl (C=O) groups is 1. The molecule has 2 atom stereocenters. The Balaban J connectivity index is 1.28. The van der Waals surface area contributed by atoms with Crippen LogP contribution in [0.4, 0.5) is 30.4 Å². The van der Waals surface area contributed by atoms with Gasteiger partial charge in [0, 0.05) is 68.8 Å². The second kappa shape index (κ2) is 9.98. The molecule has 0 unspecified atom stereocenters. The summed E-state index contributed by atoms with van der Waals surface area (Å²) in [5.74, 6) is -0.0863. The standard InChI is InChI=1S/C27H31F3N6O3/c1-3-22(37)35-7-5-18(15-35)36-13-17(14-36)19-12-20-24(25(32-19)27(28,29)30)39-16(2)23-21(4-6-31-26(23)33-20)34-8-10-38-11-9-34/h3-4,6,12,16-18H,1,5,7-11,13-15H2,2H3,(H,31,33)/t16-,18-/m0/s1. The third-order valence-electron chi connectivity index (χ3n) is 8.03. The van der Waals surface area contributed by atoms with E-state index in [1.807, 2.05) is 6.07 Å². The van der Waals surface area contributed by atoms with Gasteiger partial charge in [-0.2, -0.15) is 13.2 Å². The van der Waals surface area contributed by atoms with Gasteiger partial charge in [-0.25, -0.2) is 9.97 Å². The summed E-state index contributed by atoms with van der Waals surface area (Å²) >= 11 is 0. The molecule has 0 saturated carbocycles. The molecule has 12 heteroatoms. The Morgan fingerprint density at radius 2 is 1.97 bits per heavy atom. The van der Waals surface area contributed by atoms with E-state index in [-0.39, 0.29) is 29.3 Å². The first-order valence-corrected chi connectivity index (χ1v) is 13.3. The normalized spacial score (nSPS) is 23.7. The molecule has 3 fully saturated rings. The number of morpholine rings is 1. The molecular weight excluding hydrogens is 513 g/mol. The van der Waals surface area contributed by atoms with Crippen LogP contribution in [0, 0.1) is 0 Å². The number of amides is 1. The highest BCUT2D eigenvalue weighted by molar-refractivity contribution is 5.87. The van der Waals surface area contributed by atoms with Crippen LogP contribution in [0.25, 0.3) is 0 Å². The predicted molar refractivity (Wildman–Crippen MR) is 138 cm³/mol. The Hall–Kier alpha value is -3.38. The number of pyridine rings is 2. The summed E-state index contributed by atoms with van der Waals surface area (Å²) in [4.78, 5) is 26.6. The first-order valence-electron chi connectivity index (χ1n) is 13.3. The van der Waals surface area contributed by atoms with E-state index < -0.39 is 18.0 Å². The third kappa shape index (κ3) is 4.80. The number of nitrogens with zero attached hydrogens (tertiary/aromatic N) is 5. The lowest BCUT2D eigenvalue weighted by Crippen LogP contribution is -2.52. The highest BCUT2D eigenvalue weighted by Crippen LogP contribution is 2.48. The maximum absolute atomic E-state index is 14.3. The van der Waals surface area contributed by atoms with Crippen LogP contribution in [0.3, 0.4) is 0 Å². The molecule has 2 aromatic heterocycles. The van der Waals surface area contributed by atoms with Crippen LogP contribution in [0.5, 0.6) is 5.75 Å². The Morgan fingerprint density at radius 1 is 1.21 bits per heavy atom. The van der Waals surface area contributed by atoms with Gasteiger partial charge in [0.1, 0.15) is 11.9 Å². The summed E-state index contributed by atoms with van der Waals surface area (Å²) in [6.45, 7) is 10.2. The highest BCUT2D eigenvalue weighted by atomic mass is 19.4. The summed E-state index contributed by atoms with van der Waals surface area (Å²) in [6, 6.07) is 3.72. The van der Waals surface area contributed by atoms with Crippen molar-refractivity contribution in [2.75, 3.05) is 62.7 Å². The molecule has 4 aliphatic rings. The minimum absolute atomic E-state index is 0.0946. The number of rotatable bonds is 4. The van der Waals surface area contributed by atoms with Crippen molar-refractivity contribution in [3.63, 3.8) is 0 Å². The summed E-state index contributed by atoms with van der Waals surface area (Å²) in [5.41, 5.74) is 1.13. The van der Waals surface area contributed by atoms with Crippen molar-refractivity contribution < 1.29 is 27.4 Å². The quantitative estimate of drug-likeness (QED) is 0.584. The summed E-state index contributed by atoms with van der Waals surface area (Å²) < 4.78 is 54.4. The zero-order chi connectivity index (χ0) is 27.3. The van der Waals surface area contributed by atoms with E-state index in [4.69, 9.17) is 9.47 Å². The van der Waals surface area contributed by atoms with Gasteiger partial charge >= 0.3 is 6.18 Å². The minimum Gasteiger partial charge on any atom is -0.481 e. The van der Waals surface area contributed by atoms with E-state index in [0.29, 0.717) is 69.6 Å². The van der Waals surface area contributed by atoms with E-state index in [1.54, 1.807) is 24.1 Å². The number of anilines is 3. The fourth-order valence-electron chi connectivity index (χ4n) is 5.94. The Bertz CT molecular complexity index is 1280. The van der Waals surface area contributed by atoms with Crippen LogP contribution >= 0.6 is 0 Å². The third-order valence-corrected chi connectivity index (χ3v) is 8.03. The van der Waals surface area contributed by atoms with Gasteiger partial charge in [-0.15, -0.1) is 0 Å². The largest absolute Gasteiger partial charge is 0.481 e. The Morgan fingerprint density at radius 3 is 2.69 bits per heavy atom. The second-order valence-electron chi connectivity index (χ2n) is 10.4. The molecule has 0 bridgehead atoms. The van der Waals surface area contributed by atoms with Crippen LogP contribution in [0.2, 0.25) is 0 Å². The molecule has 1 N–H and O–H groups in total. The molecular formula is C27H31F3N6O3. The van der Waals surface area contributed by atoms with Gasteiger partial charge in [-0.05, 0) is 31.6 Å². The van der Waals surface area contributed by atoms with Crippen LogP contribution in [-0.4, -0.2) is 84.2 Å². The van der Waals surface area contributed by atoms with Gasteiger partial charge in [0.05, 0.1) is 24.5 Å². The SMILES string of the molecule is C=CC(=O)N1CC[C@H](N2CC(c3cc4c(c(C(F)(F)F)n3)O[C@@H](C)c3c(N5CCOCC5)ccnc3N4)C2)C1. The number of fused-ring (bicyclic) bond motifs is 2. The number of hydrogen-bond acceptors (Lipinski definition) is 8. The number of carbonyl (C=O) groups excluding carboxylic acids is 1. The van der Waals surface area contributed by atoms with Crippen molar-refractivity contribution in [1.82, 2.24) is 19.8 Å². The fourth-order valence-corrected chi connectivity index (χ4v) is 5.94. The molecule has 3 saturated heterocycles. The van der Waals surface area contributed by atoms with Gasteiger partial charge in [0.15, 0.2) is 11.4 Å². The first kappa shape index (κ1) is 25.9. The smallest absolute Gasteiger partial charge is 0.437 e. The molecule has 0 aromatic carbocycles. The average Bonchev–Trinajstić information content (AvgIpc) is 3.32. The zero-order valence-electron chi connectivity index (χ0n) is 21.7. The topological polar surface area (TPSA) is 83.1 Å². The molecule has 208 valence electrons. The van der Waals surface area contributed by atoms with Gasteiger partial charge in [-0.3, -0.25) is 9.69 Å². The molecule has 1 amide bonds. The second-order valence-corrected chi connectivity index (χ2v) is 10.4. The number of likely N-dealkylation sites (tertiary alicyclic amines) is 2. The molecule has 0 aliphatic carbocycles. The van der Waals surface area contributed by atoms with Crippen molar-refractivity contribution in [3.05, 3.63) is 47.9 Å². The van der Waals surface area contributed by atoms with Crippen molar-refractivity contribution in [2.45, 2.75) is 37.6 Å². The van der Waals surface area contributed by atoms with Crippen LogP contribution in [-0.2, 0) is 15.7 Å². The van der Waals surface area contributed by atoms with E-state index in [9.17, 15) is 18.0 Å². The zero-order valence-corrected chi connectivity index (χ0v) is 21.7. The van der Waals surface area contributed by atoms with Crippen molar-refractivity contribution in [1.29, 1.82) is 0 Å². The summed E-state index contributed by atoms with van der Waals surface area (Å²) in [5, 5.41) is 3.16. The van der Waals surface area contributed by atoms with Gasteiger partial charge < -0.3 is 24.6 Å². The lowest BCUT2D eigenvalue weighted by molar-refractivity contribution is -0.143. The van der Waals surface area contributed by atoms with Crippen molar-refractivity contribution in [3.8, 4) is 5.75 Å². The van der Waals surface area contributed by atoms with Gasteiger partial charge in [-0.1, -0.05) is 6.58 Å². The van der Waals surface area contributed by atoms with E-state index in [0.717, 1.165) is 12.1 Å². The molecule has 6 rings (SSSR count). The molecule has 9 nitrogen and oxygen atoms in total. The fraction of sp³-hybridized carbons (Fsp3) is 0.519. The lowest BCUT2D eigenvalue weighted by atomic mass is 9.92. The average molecular weight is 545 g/mol. The van der Waals surface area contributed by atoms with Crippen molar-refractivity contribution >= 4 is 23.1 Å². The molecule has 6 heterocycles. The molecule has 4 aliphatic heterocycles. The van der Waals surface area contributed by atoms with Crippen LogP contribution < -0.4 is 15.0 Å². The van der Waals surface area contributed by atoms with E-state index >= 15 is 0 Å². The van der Waals surface area contributed by atoms with Gasteiger partial charge in [0.2, 0.25) is 5.91 Å². The monoisotopic (exact) mass is 544 g/mol. The Labute approximate surface area is 224 Å². The summed E-state index contributed by atoms with van der Waals surface area (Å²) in [7, 11) is 0. The van der Waals surface area contributed by atoms with Crippen molar-refractivity contribution in [2.24, 2.45) is 0 Å². The highest BCUT2D eigenvalue weighted by Gasteiger charge is 2.43. The Kier molecular flexibility index (Phi) is 6.62. The van der Waals surface area contributed by atoms with Crippen LogP contribution in [0.15, 0.2) is 31.0 Å². The van der Waals surface area contributed by atoms with E-state index in [2.05, 4.69) is 31.7 Å². The summed E-state index contributed by atoms with van der Waals surface area (Å²) in [6.07, 6.45) is -1.58. The molecule has 2 aromatic rings. The maximum Gasteiger partial charge on any atom is 0.437 e. The lowest BCUT2D eigenvalue weighted by Gasteiger charge is -2.43. The number of nitrogens with one attached hydrogen (secondary N) is 1. The molecule has 0 radical (unpaired) electrons. The number of aromatic nitrogens is 2. The van der Waals surface area contributed by atoms with Gasteiger partial charge in [0.25, 0.3) is 0 Å². The molecule has 0 spiro atoms. The minimum atomic E-state index is -4.70. The molecule has 39 heavy (non-hydrogen) atoms. The first-order chi connectivity index (χ1) is 18.7. The number of hydrogen-bond donors (Lipinski definition) is 1. The van der Waals surface area contributed by atoms with Crippen LogP contribution in [0.1, 0.15) is 42.3 Å². The number of ether oxygens (including phenoxy) is 2. The van der Waals surface area contributed by atoms with E-state index in [1.165, 1.54) is 6.08 Å². The number of halogens is 3. The maximum atomic E-state index is 14.3. The number of alkyl halides is 3.